The van der Waals surface area contributed by atoms with Crippen LogP contribution in [0.15, 0.2) is 18.2 Å². The van der Waals surface area contributed by atoms with Crippen molar-refractivity contribution in [1.29, 1.82) is 0 Å². The summed E-state index contributed by atoms with van der Waals surface area (Å²) in [4.78, 5) is 23.9. The Balaban J connectivity index is 2.47. The predicted molar refractivity (Wildman–Crippen MR) is 61.5 cm³/mol. The highest BCUT2D eigenvalue weighted by Gasteiger charge is 2.26. The molecule has 1 aromatic carbocycles. The molecule has 1 atom stereocenters. The molecule has 0 spiro atoms. The van der Waals surface area contributed by atoms with Gasteiger partial charge in [0.2, 0.25) is 5.91 Å². The minimum atomic E-state index is -1.01. The monoisotopic (exact) mass is 235 g/mol. The van der Waals surface area contributed by atoms with Crippen LogP contribution in [0.4, 0.5) is 5.69 Å². The van der Waals surface area contributed by atoms with E-state index in [1.807, 2.05) is 6.92 Å². The van der Waals surface area contributed by atoms with E-state index in [9.17, 15) is 9.59 Å². The molecular formula is C12H13NO4. The second-order valence-corrected chi connectivity index (χ2v) is 4.05. The largest absolute Gasteiger partial charge is 0.487 e. The van der Waals surface area contributed by atoms with Gasteiger partial charge in [-0.2, -0.15) is 0 Å². The Kier molecular flexibility index (Phi) is 2.75. The molecule has 1 N–H and O–H groups in total. The number of carboxylic acid groups (broad SMARTS) is 1. The maximum absolute atomic E-state index is 11.5. The normalized spacial score (nSPS) is 18.2. The predicted octanol–water partition coefficient (Wildman–Crippen LogP) is 1.52. The van der Waals surface area contributed by atoms with Crippen LogP contribution in [0.2, 0.25) is 0 Å². The summed E-state index contributed by atoms with van der Waals surface area (Å²) in [5.74, 6) is -0.646. The van der Waals surface area contributed by atoms with E-state index >= 15 is 0 Å². The SMILES string of the molecule is CC(=O)N1CC(C)Oc2cc(C(=O)O)ccc21. The van der Waals surface area contributed by atoms with Crippen LogP contribution in [-0.4, -0.2) is 29.6 Å². The fraction of sp³-hybridized carbons (Fsp3) is 0.333. The van der Waals surface area contributed by atoms with E-state index < -0.39 is 5.97 Å². The van der Waals surface area contributed by atoms with Gasteiger partial charge in [0.15, 0.2) is 0 Å². The lowest BCUT2D eigenvalue weighted by molar-refractivity contribution is -0.117. The number of nitrogens with zero attached hydrogens (tertiary/aromatic N) is 1. The Morgan fingerprint density at radius 3 is 2.76 bits per heavy atom. The van der Waals surface area contributed by atoms with Crippen molar-refractivity contribution < 1.29 is 19.4 Å². The first kappa shape index (κ1) is 11.4. The summed E-state index contributed by atoms with van der Waals surface area (Å²) in [7, 11) is 0. The molecule has 0 bridgehead atoms. The third-order valence-corrected chi connectivity index (χ3v) is 2.65. The first-order chi connectivity index (χ1) is 7.99. The number of carboxylic acids is 1. The minimum absolute atomic E-state index is 0.0792. The number of carbonyl (C=O) groups is 2. The molecule has 5 nitrogen and oxygen atoms in total. The number of anilines is 1. The molecule has 0 saturated carbocycles. The van der Waals surface area contributed by atoms with Crippen molar-refractivity contribution >= 4 is 17.6 Å². The fourth-order valence-electron chi connectivity index (χ4n) is 1.87. The van der Waals surface area contributed by atoms with E-state index in [1.54, 1.807) is 11.0 Å². The average Bonchev–Trinajstić information content (AvgIpc) is 2.26. The highest BCUT2D eigenvalue weighted by molar-refractivity contribution is 5.95. The number of hydrogen-bond acceptors (Lipinski definition) is 3. The molecule has 0 aliphatic carbocycles. The first-order valence-corrected chi connectivity index (χ1v) is 5.31. The quantitative estimate of drug-likeness (QED) is 0.801. The molecule has 90 valence electrons. The number of aromatic carboxylic acids is 1. The topological polar surface area (TPSA) is 66.8 Å². The van der Waals surface area contributed by atoms with Crippen LogP contribution in [0.25, 0.3) is 0 Å². The zero-order valence-electron chi connectivity index (χ0n) is 9.64. The second-order valence-electron chi connectivity index (χ2n) is 4.05. The molecule has 0 radical (unpaired) electrons. The highest BCUT2D eigenvalue weighted by Crippen LogP contribution is 2.34. The molecule has 1 aromatic rings. The van der Waals surface area contributed by atoms with Crippen LogP contribution in [0.1, 0.15) is 24.2 Å². The number of rotatable bonds is 1. The van der Waals surface area contributed by atoms with Gasteiger partial charge in [-0.25, -0.2) is 4.79 Å². The number of fused-ring (bicyclic) bond motifs is 1. The molecule has 0 aromatic heterocycles. The Morgan fingerprint density at radius 2 is 2.18 bits per heavy atom. The van der Waals surface area contributed by atoms with Gasteiger partial charge in [-0.15, -0.1) is 0 Å². The van der Waals surface area contributed by atoms with E-state index in [4.69, 9.17) is 9.84 Å². The van der Waals surface area contributed by atoms with E-state index in [1.165, 1.54) is 19.1 Å². The van der Waals surface area contributed by atoms with Crippen LogP contribution in [0.5, 0.6) is 5.75 Å². The zero-order chi connectivity index (χ0) is 12.6. The zero-order valence-corrected chi connectivity index (χ0v) is 9.64. The lowest BCUT2D eigenvalue weighted by atomic mass is 10.1. The van der Waals surface area contributed by atoms with Crippen molar-refractivity contribution in [3.63, 3.8) is 0 Å². The van der Waals surface area contributed by atoms with Crippen molar-refractivity contribution in [3.8, 4) is 5.75 Å². The smallest absolute Gasteiger partial charge is 0.335 e. The van der Waals surface area contributed by atoms with Gasteiger partial charge in [-0.05, 0) is 25.1 Å². The summed E-state index contributed by atoms with van der Waals surface area (Å²) >= 11 is 0. The Labute approximate surface area is 98.6 Å². The summed E-state index contributed by atoms with van der Waals surface area (Å²) in [5.41, 5.74) is 0.780. The Bertz CT molecular complexity index is 483. The third kappa shape index (κ3) is 2.08. The van der Waals surface area contributed by atoms with E-state index in [0.717, 1.165) is 0 Å². The lowest BCUT2D eigenvalue weighted by Crippen LogP contribution is -2.41. The molecule has 2 rings (SSSR count). The summed E-state index contributed by atoms with van der Waals surface area (Å²) in [5, 5.41) is 8.89. The summed E-state index contributed by atoms with van der Waals surface area (Å²) < 4.78 is 5.55. The van der Waals surface area contributed by atoms with E-state index in [-0.39, 0.29) is 17.6 Å². The van der Waals surface area contributed by atoms with E-state index in [2.05, 4.69) is 0 Å². The van der Waals surface area contributed by atoms with Crippen LogP contribution >= 0.6 is 0 Å². The molecule has 17 heavy (non-hydrogen) atoms. The molecular weight excluding hydrogens is 222 g/mol. The van der Waals surface area contributed by atoms with Crippen molar-refractivity contribution in [1.82, 2.24) is 0 Å². The van der Waals surface area contributed by atoms with Gasteiger partial charge >= 0.3 is 5.97 Å². The standard InChI is InChI=1S/C12H13NO4/c1-7-6-13(8(2)14)10-4-3-9(12(15)16)5-11(10)17-7/h3-5,7H,6H2,1-2H3,(H,15,16). The Hall–Kier alpha value is -2.04. The second kappa shape index (κ2) is 4.08. The molecule has 1 heterocycles. The number of ether oxygens (including phenoxy) is 1. The van der Waals surface area contributed by atoms with Gasteiger partial charge < -0.3 is 14.7 Å². The molecule has 0 fully saturated rings. The minimum Gasteiger partial charge on any atom is -0.487 e. The van der Waals surface area contributed by atoms with Crippen LogP contribution in [0, 0.1) is 0 Å². The number of carbonyl (C=O) groups excluding carboxylic acids is 1. The van der Waals surface area contributed by atoms with Crippen LogP contribution in [0.3, 0.4) is 0 Å². The lowest BCUT2D eigenvalue weighted by Gasteiger charge is -2.32. The molecule has 5 heteroatoms. The van der Waals surface area contributed by atoms with Gasteiger partial charge in [-0.1, -0.05) is 0 Å². The number of benzene rings is 1. The Morgan fingerprint density at radius 1 is 1.47 bits per heavy atom. The van der Waals surface area contributed by atoms with Gasteiger partial charge in [-0.3, -0.25) is 4.79 Å². The van der Waals surface area contributed by atoms with Crippen molar-refractivity contribution in [2.45, 2.75) is 20.0 Å². The third-order valence-electron chi connectivity index (χ3n) is 2.65. The van der Waals surface area contributed by atoms with Crippen LogP contribution in [-0.2, 0) is 4.79 Å². The molecule has 1 aliphatic heterocycles. The number of hydrogen-bond donors (Lipinski definition) is 1. The molecule has 1 aliphatic rings. The van der Waals surface area contributed by atoms with Crippen LogP contribution < -0.4 is 9.64 Å². The van der Waals surface area contributed by atoms with Gasteiger partial charge in [0, 0.05) is 6.92 Å². The van der Waals surface area contributed by atoms with Gasteiger partial charge in [0.25, 0.3) is 0 Å². The summed E-state index contributed by atoms with van der Waals surface area (Å²) in [6.07, 6.45) is -0.143. The molecule has 0 saturated heterocycles. The summed E-state index contributed by atoms with van der Waals surface area (Å²) in [6, 6.07) is 4.52. The molecule has 1 amide bonds. The van der Waals surface area contributed by atoms with Gasteiger partial charge in [0.05, 0.1) is 17.8 Å². The van der Waals surface area contributed by atoms with E-state index in [0.29, 0.717) is 18.0 Å². The first-order valence-electron chi connectivity index (χ1n) is 5.31. The van der Waals surface area contributed by atoms with Gasteiger partial charge in [0.1, 0.15) is 11.9 Å². The average molecular weight is 235 g/mol. The highest BCUT2D eigenvalue weighted by atomic mass is 16.5. The molecule has 1 unspecified atom stereocenters. The maximum atomic E-state index is 11.5. The van der Waals surface area contributed by atoms with Crippen molar-refractivity contribution in [2.75, 3.05) is 11.4 Å². The summed E-state index contributed by atoms with van der Waals surface area (Å²) in [6.45, 7) is 3.80. The van der Waals surface area contributed by atoms with Crippen molar-refractivity contribution in [2.24, 2.45) is 0 Å². The number of amides is 1. The maximum Gasteiger partial charge on any atom is 0.335 e. The van der Waals surface area contributed by atoms with Crippen molar-refractivity contribution in [3.05, 3.63) is 23.8 Å². The fourth-order valence-corrected chi connectivity index (χ4v) is 1.87.